The van der Waals surface area contributed by atoms with Crippen LogP contribution in [0, 0.1) is 5.82 Å². The van der Waals surface area contributed by atoms with Gasteiger partial charge >= 0.3 is 0 Å². The molecule has 2 rings (SSSR count). The van der Waals surface area contributed by atoms with E-state index in [0.29, 0.717) is 17.3 Å². The molecule has 1 unspecified atom stereocenters. The number of hydrogen-bond acceptors (Lipinski definition) is 3. The summed E-state index contributed by atoms with van der Waals surface area (Å²) in [6.45, 7) is 2.84. The molecule has 0 aromatic heterocycles. The molecule has 1 N–H and O–H groups in total. The first-order valence-electron chi connectivity index (χ1n) is 9.07. The van der Waals surface area contributed by atoms with E-state index < -0.39 is 6.04 Å². The van der Waals surface area contributed by atoms with Crippen LogP contribution in [-0.2, 0) is 9.59 Å². The second-order valence-electron chi connectivity index (χ2n) is 6.56. The van der Waals surface area contributed by atoms with Crippen LogP contribution in [0.15, 0.2) is 24.3 Å². The van der Waals surface area contributed by atoms with E-state index >= 15 is 0 Å². The standard InChI is InChI=1S/C19H26FN3O2S/c1-3-4-5-6-7-12-23-16(18(25)22(2)19(23)26)13-17(24)21-15-10-8-14(20)9-11-15/h8-11,16H,3-7,12-13H2,1-2H3,(H,21,24). The van der Waals surface area contributed by atoms with Crippen molar-refractivity contribution in [3.05, 3.63) is 30.1 Å². The summed E-state index contributed by atoms with van der Waals surface area (Å²) in [7, 11) is 1.65. The van der Waals surface area contributed by atoms with Gasteiger partial charge in [-0.05, 0) is 42.9 Å². The van der Waals surface area contributed by atoms with E-state index in [1.807, 2.05) is 4.90 Å². The van der Waals surface area contributed by atoms with Crippen molar-refractivity contribution in [1.82, 2.24) is 9.80 Å². The van der Waals surface area contributed by atoms with Crippen LogP contribution in [0.2, 0.25) is 0 Å². The number of carbonyl (C=O) groups excluding carboxylic acids is 2. The summed E-state index contributed by atoms with van der Waals surface area (Å²) in [5, 5.41) is 3.18. The fourth-order valence-electron chi connectivity index (χ4n) is 3.03. The maximum atomic E-state index is 13.0. The predicted octanol–water partition coefficient (Wildman–Crippen LogP) is 3.55. The third-order valence-corrected chi connectivity index (χ3v) is 5.04. The van der Waals surface area contributed by atoms with Gasteiger partial charge < -0.3 is 10.2 Å². The van der Waals surface area contributed by atoms with Gasteiger partial charge in [-0.2, -0.15) is 0 Å². The average Bonchev–Trinajstić information content (AvgIpc) is 2.81. The average molecular weight is 380 g/mol. The van der Waals surface area contributed by atoms with E-state index in [0.717, 1.165) is 19.3 Å². The fraction of sp³-hybridized carbons (Fsp3) is 0.526. The largest absolute Gasteiger partial charge is 0.336 e. The topological polar surface area (TPSA) is 52.7 Å². The zero-order valence-corrected chi connectivity index (χ0v) is 16.2. The second-order valence-corrected chi connectivity index (χ2v) is 6.93. The molecule has 1 heterocycles. The van der Waals surface area contributed by atoms with Gasteiger partial charge in [-0.3, -0.25) is 14.5 Å². The maximum Gasteiger partial charge on any atom is 0.251 e. The van der Waals surface area contributed by atoms with Crippen LogP contribution in [0.4, 0.5) is 10.1 Å². The Labute approximate surface area is 159 Å². The lowest BCUT2D eigenvalue weighted by atomic mass is 10.1. The molecule has 1 saturated heterocycles. The highest BCUT2D eigenvalue weighted by Gasteiger charge is 2.40. The van der Waals surface area contributed by atoms with Gasteiger partial charge in [-0.15, -0.1) is 0 Å². The number of amides is 2. The van der Waals surface area contributed by atoms with Gasteiger partial charge in [0.15, 0.2) is 5.11 Å². The summed E-state index contributed by atoms with van der Waals surface area (Å²) in [5.41, 5.74) is 0.504. The van der Waals surface area contributed by atoms with E-state index in [2.05, 4.69) is 12.2 Å². The predicted molar refractivity (Wildman–Crippen MR) is 104 cm³/mol. The molecule has 1 aromatic rings. The number of nitrogens with one attached hydrogen (secondary N) is 1. The van der Waals surface area contributed by atoms with Crippen LogP contribution < -0.4 is 5.32 Å². The molecule has 1 aromatic carbocycles. The third-order valence-electron chi connectivity index (χ3n) is 4.53. The number of anilines is 1. The Kier molecular flexibility index (Phi) is 7.50. The summed E-state index contributed by atoms with van der Waals surface area (Å²) in [6, 6.07) is 4.97. The Bertz CT molecular complexity index is 651. The number of thiocarbonyl (C=S) groups is 1. The van der Waals surface area contributed by atoms with Crippen molar-refractivity contribution >= 4 is 34.8 Å². The van der Waals surface area contributed by atoms with Crippen molar-refractivity contribution < 1.29 is 14.0 Å². The number of likely N-dealkylation sites (N-methyl/N-ethyl adjacent to an activating group) is 1. The zero-order chi connectivity index (χ0) is 19.1. The smallest absolute Gasteiger partial charge is 0.251 e. The fourth-order valence-corrected chi connectivity index (χ4v) is 3.34. The molecule has 1 fully saturated rings. The van der Waals surface area contributed by atoms with E-state index in [1.54, 1.807) is 7.05 Å². The summed E-state index contributed by atoms with van der Waals surface area (Å²) in [5.74, 6) is -0.808. The summed E-state index contributed by atoms with van der Waals surface area (Å²) in [4.78, 5) is 28.1. The number of hydrogen-bond donors (Lipinski definition) is 1. The minimum Gasteiger partial charge on any atom is -0.336 e. The summed E-state index contributed by atoms with van der Waals surface area (Å²) in [6.07, 6.45) is 5.59. The summed E-state index contributed by atoms with van der Waals surface area (Å²) >= 11 is 5.37. The summed E-state index contributed by atoms with van der Waals surface area (Å²) < 4.78 is 13.0. The van der Waals surface area contributed by atoms with Gasteiger partial charge in [-0.25, -0.2) is 4.39 Å². The molecule has 1 atom stereocenters. The van der Waals surface area contributed by atoms with Gasteiger partial charge in [0.25, 0.3) is 5.91 Å². The molecule has 0 radical (unpaired) electrons. The van der Waals surface area contributed by atoms with Gasteiger partial charge in [0.05, 0.1) is 6.42 Å². The molecule has 1 aliphatic rings. The first-order chi connectivity index (χ1) is 12.4. The van der Waals surface area contributed by atoms with Crippen LogP contribution in [0.3, 0.4) is 0 Å². The van der Waals surface area contributed by atoms with Crippen molar-refractivity contribution in [2.45, 2.75) is 51.5 Å². The zero-order valence-electron chi connectivity index (χ0n) is 15.3. The molecule has 26 heavy (non-hydrogen) atoms. The molecule has 0 saturated carbocycles. The van der Waals surface area contributed by atoms with Crippen LogP contribution >= 0.6 is 12.2 Å². The Balaban J connectivity index is 1.94. The monoisotopic (exact) mass is 379 g/mol. The van der Waals surface area contributed by atoms with Crippen molar-refractivity contribution in [3.63, 3.8) is 0 Å². The maximum absolute atomic E-state index is 13.0. The Hall–Kier alpha value is -2.02. The van der Waals surface area contributed by atoms with Crippen molar-refractivity contribution in [2.24, 2.45) is 0 Å². The molecule has 142 valence electrons. The lowest BCUT2D eigenvalue weighted by Crippen LogP contribution is -2.38. The number of unbranched alkanes of at least 4 members (excludes halogenated alkanes) is 4. The van der Waals surface area contributed by atoms with E-state index in [4.69, 9.17) is 12.2 Å². The molecule has 0 aliphatic carbocycles. The minimum absolute atomic E-state index is 0.0235. The second kappa shape index (κ2) is 9.62. The van der Waals surface area contributed by atoms with Crippen LogP contribution in [0.5, 0.6) is 0 Å². The number of rotatable bonds is 9. The quantitative estimate of drug-likeness (QED) is 0.527. The third kappa shape index (κ3) is 5.24. The van der Waals surface area contributed by atoms with Gasteiger partial charge in [0.1, 0.15) is 11.9 Å². The Morgan fingerprint density at radius 3 is 2.50 bits per heavy atom. The van der Waals surface area contributed by atoms with Gasteiger partial charge in [0, 0.05) is 19.3 Å². The van der Waals surface area contributed by atoms with Gasteiger partial charge in [0.2, 0.25) is 5.91 Å². The van der Waals surface area contributed by atoms with Crippen molar-refractivity contribution in [3.8, 4) is 0 Å². The Morgan fingerprint density at radius 2 is 1.85 bits per heavy atom. The molecule has 0 bridgehead atoms. The van der Waals surface area contributed by atoms with Crippen molar-refractivity contribution in [1.29, 1.82) is 0 Å². The molecular weight excluding hydrogens is 353 g/mol. The minimum atomic E-state index is -0.570. The van der Waals surface area contributed by atoms with Gasteiger partial charge in [-0.1, -0.05) is 32.6 Å². The number of halogens is 1. The van der Waals surface area contributed by atoms with Crippen LogP contribution in [0.1, 0.15) is 45.4 Å². The lowest BCUT2D eigenvalue weighted by molar-refractivity contribution is -0.130. The van der Waals surface area contributed by atoms with Crippen LogP contribution in [0.25, 0.3) is 0 Å². The SMILES string of the molecule is CCCCCCCN1C(=S)N(C)C(=O)C1CC(=O)Nc1ccc(F)cc1. The Morgan fingerprint density at radius 1 is 1.19 bits per heavy atom. The first-order valence-corrected chi connectivity index (χ1v) is 9.48. The van der Waals surface area contributed by atoms with Crippen molar-refractivity contribution in [2.75, 3.05) is 18.9 Å². The molecule has 2 amide bonds. The normalized spacial score (nSPS) is 17.1. The highest BCUT2D eigenvalue weighted by atomic mass is 32.1. The lowest BCUT2D eigenvalue weighted by Gasteiger charge is -2.23. The van der Waals surface area contributed by atoms with E-state index in [9.17, 15) is 14.0 Å². The molecule has 7 heteroatoms. The number of benzene rings is 1. The molecule has 5 nitrogen and oxygen atoms in total. The highest BCUT2D eigenvalue weighted by Crippen LogP contribution is 2.21. The first kappa shape index (κ1) is 20.3. The number of carbonyl (C=O) groups is 2. The molecule has 0 spiro atoms. The highest BCUT2D eigenvalue weighted by molar-refractivity contribution is 7.80. The molecule has 1 aliphatic heterocycles. The number of nitrogens with zero attached hydrogens (tertiary/aromatic N) is 2. The van der Waals surface area contributed by atoms with Crippen LogP contribution in [-0.4, -0.2) is 46.4 Å². The van der Waals surface area contributed by atoms with E-state index in [-0.39, 0.29) is 24.1 Å². The molecular formula is C19H26FN3O2S. The van der Waals surface area contributed by atoms with E-state index in [1.165, 1.54) is 42.0 Å².